The Morgan fingerprint density at radius 2 is 2.22 bits per heavy atom. The van der Waals surface area contributed by atoms with Gasteiger partial charge in [-0.2, -0.15) is 4.98 Å². The monoisotopic (exact) mass is 249 g/mol. The molecule has 1 heterocycles. The molecule has 0 amide bonds. The van der Waals surface area contributed by atoms with Crippen LogP contribution in [0.15, 0.2) is 22.7 Å². The molecule has 0 fully saturated rings. The zero-order valence-corrected chi connectivity index (χ0v) is 10.3. The summed E-state index contributed by atoms with van der Waals surface area (Å²) in [6.07, 6.45) is 0. The van der Waals surface area contributed by atoms with E-state index in [0.29, 0.717) is 29.8 Å². The Balaban J connectivity index is 2.41. The van der Waals surface area contributed by atoms with E-state index in [2.05, 4.69) is 10.1 Å². The summed E-state index contributed by atoms with van der Waals surface area (Å²) in [5.74, 6) is 2.22. The third-order valence-electron chi connectivity index (χ3n) is 2.37. The van der Waals surface area contributed by atoms with Gasteiger partial charge in [-0.25, -0.2) is 0 Å². The van der Waals surface area contributed by atoms with Gasteiger partial charge in [0, 0.05) is 6.07 Å². The lowest BCUT2D eigenvalue weighted by molar-refractivity contribution is 0.337. The fourth-order valence-corrected chi connectivity index (χ4v) is 1.54. The van der Waals surface area contributed by atoms with Crippen molar-refractivity contribution in [2.24, 2.45) is 5.73 Å². The Kier molecular flexibility index (Phi) is 3.78. The molecular weight excluding hydrogens is 234 g/mol. The minimum absolute atomic E-state index is 0.215. The largest absolute Gasteiger partial charge is 0.497 e. The highest BCUT2D eigenvalue weighted by molar-refractivity contribution is 5.65. The first-order chi connectivity index (χ1) is 8.78. The van der Waals surface area contributed by atoms with Crippen molar-refractivity contribution in [2.45, 2.75) is 13.5 Å². The normalized spacial score (nSPS) is 10.4. The first-order valence-corrected chi connectivity index (χ1v) is 5.62. The molecule has 2 N–H and O–H groups in total. The predicted molar refractivity (Wildman–Crippen MR) is 65.3 cm³/mol. The predicted octanol–water partition coefficient (Wildman–Crippen LogP) is 1.60. The van der Waals surface area contributed by atoms with Crippen LogP contribution in [0.25, 0.3) is 11.4 Å². The van der Waals surface area contributed by atoms with E-state index in [9.17, 15) is 0 Å². The SMILES string of the molecule is CCOc1cc(OC)ccc1-c1noc(CN)n1. The van der Waals surface area contributed by atoms with Crippen molar-refractivity contribution in [2.75, 3.05) is 13.7 Å². The molecule has 18 heavy (non-hydrogen) atoms. The highest BCUT2D eigenvalue weighted by Gasteiger charge is 2.13. The van der Waals surface area contributed by atoms with Crippen LogP contribution in [0.3, 0.4) is 0 Å². The number of methoxy groups -OCH3 is 1. The van der Waals surface area contributed by atoms with Gasteiger partial charge < -0.3 is 19.7 Å². The fraction of sp³-hybridized carbons (Fsp3) is 0.333. The van der Waals surface area contributed by atoms with Crippen molar-refractivity contribution in [3.63, 3.8) is 0 Å². The number of benzene rings is 1. The van der Waals surface area contributed by atoms with Crippen LogP contribution < -0.4 is 15.2 Å². The Hall–Kier alpha value is -2.08. The van der Waals surface area contributed by atoms with Crippen molar-refractivity contribution < 1.29 is 14.0 Å². The molecule has 2 aromatic rings. The molecule has 0 saturated heterocycles. The molecule has 6 heteroatoms. The van der Waals surface area contributed by atoms with Gasteiger partial charge in [-0.1, -0.05) is 5.16 Å². The number of aromatic nitrogens is 2. The van der Waals surface area contributed by atoms with Crippen LogP contribution in [0.1, 0.15) is 12.8 Å². The summed E-state index contributed by atoms with van der Waals surface area (Å²) in [6, 6.07) is 5.43. The van der Waals surface area contributed by atoms with E-state index in [-0.39, 0.29) is 6.54 Å². The summed E-state index contributed by atoms with van der Waals surface area (Å²) in [5.41, 5.74) is 6.19. The second-order valence-electron chi connectivity index (χ2n) is 3.51. The summed E-state index contributed by atoms with van der Waals surface area (Å²) in [4.78, 5) is 4.17. The number of rotatable bonds is 5. The van der Waals surface area contributed by atoms with Crippen LogP contribution in [-0.2, 0) is 6.54 Å². The van der Waals surface area contributed by atoms with Crippen molar-refractivity contribution in [1.29, 1.82) is 0 Å². The van der Waals surface area contributed by atoms with Crippen LogP contribution in [-0.4, -0.2) is 23.9 Å². The van der Waals surface area contributed by atoms with Crippen LogP contribution in [0.4, 0.5) is 0 Å². The standard InChI is InChI=1S/C12H15N3O3/c1-3-17-10-6-8(16-2)4-5-9(10)12-14-11(7-13)18-15-12/h4-6H,3,7,13H2,1-2H3. The fourth-order valence-electron chi connectivity index (χ4n) is 1.54. The zero-order chi connectivity index (χ0) is 13.0. The number of hydrogen-bond donors (Lipinski definition) is 1. The highest BCUT2D eigenvalue weighted by Crippen LogP contribution is 2.31. The smallest absolute Gasteiger partial charge is 0.240 e. The maximum absolute atomic E-state index is 5.54. The van der Waals surface area contributed by atoms with Crippen molar-refractivity contribution in [3.05, 3.63) is 24.1 Å². The van der Waals surface area contributed by atoms with E-state index in [4.69, 9.17) is 19.7 Å². The van der Waals surface area contributed by atoms with Gasteiger partial charge in [0.25, 0.3) is 0 Å². The zero-order valence-electron chi connectivity index (χ0n) is 10.3. The molecule has 0 unspecified atom stereocenters. The first-order valence-electron chi connectivity index (χ1n) is 5.62. The second-order valence-corrected chi connectivity index (χ2v) is 3.51. The molecule has 0 bridgehead atoms. The molecule has 0 radical (unpaired) electrons. The van der Waals surface area contributed by atoms with Crippen LogP contribution in [0.2, 0.25) is 0 Å². The summed E-state index contributed by atoms with van der Waals surface area (Å²) < 4.78 is 15.7. The van der Waals surface area contributed by atoms with E-state index in [1.165, 1.54) is 0 Å². The molecule has 6 nitrogen and oxygen atoms in total. The Labute approximate surface area is 105 Å². The Morgan fingerprint density at radius 3 is 2.83 bits per heavy atom. The Bertz CT molecular complexity index is 525. The second kappa shape index (κ2) is 5.50. The number of nitrogens with zero attached hydrogens (tertiary/aromatic N) is 2. The van der Waals surface area contributed by atoms with E-state index < -0.39 is 0 Å². The van der Waals surface area contributed by atoms with Gasteiger partial charge in [0.1, 0.15) is 11.5 Å². The molecule has 2 rings (SSSR count). The minimum Gasteiger partial charge on any atom is -0.497 e. The van der Waals surface area contributed by atoms with Gasteiger partial charge in [-0.05, 0) is 19.1 Å². The maximum Gasteiger partial charge on any atom is 0.240 e. The first kappa shape index (κ1) is 12.4. The summed E-state index contributed by atoms with van der Waals surface area (Å²) in [5, 5.41) is 3.87. The van der Waals surface area contributed by atoms with Gasteiger partial charge in [-0.3, -0.25) is 0 Å². The van der Waals surface area contributed by atoms with Crippen LogP contribution in [0.5, 0.6) is 11.5 Å². The van der Waals surface area contributed by atoms with Crippen molar-refractivity contribution in [1.82, 2.24) is 10.1 Å². The van der Waals surface area contributed by atoms with E-state index >= 15 is 0 Å². The summed E-state index contributed by atoms with van der Waals surface area (Å²) >= 11 is 0. The molecular formula is C12H15N3O3. The van der Waals surface area contributed by atoms with Gasteiger partial charge in [0.05, 0.1) is 25.8 Å². The summed E-state index contributed by atoms with van der Waals surface area (Å²) in [6.45, 7) is 2.67. The lowest BCUT2D eigenvalue weighted by atomic mass is 10.2. The van der Waals surface area contributed by atoms with Crippen LogP contribution >= 0.6 is 0 Å². The van der Waals surface area contributed by atoms with Gasteiger partial charge in [0.2, 0.25) is 11.7 Å². The average Bonchev–Trinajstić information content (AvgIpc) is 2.87. The van der Waals surface area contributed by atoms with E-state index in [0.717, 1.165) is 5.56 Å². The van der Waals surface area contributed by atoms with E-state index in [1.807, 2.05) is 19.1 Å². The van der Waals surface area contributed by atoms with Gasteiger partial charge in [-0.15, -0.1) is 0 Å². The topological polar surface area (TPSA) is 83.4 Å². The molecule has 0 saturated carbocycles. The number of hydrogen-bond acceptors (Lipinski definition) is 6. The number of ether oxygens (including phenoxy) is 2. The lowest BCUT2D eigenvalue weighted by Gasteiger charge is -2.09. The molecule has 96 valence electrons. The molecule has 0 spiro atoms. The van der Waals surface area contributed by atoms with E-state index in [1.54, 1.807) is 13.2 Å². The van der Waals surface area contributed by atoms with Crippen molar-refractivity contribution in [3.8, 4) is 22.9 Å². The van der Waals surface area contributed by atoms with Crippen molar-refractivity contribution >= 4 is 0 Å². The third-order valence-corrected chi connectivity index (χ3v) is 2.37. The quantitative estimate of drug-likeness (QED) is 0.866. The maximum atomic E-state index is 5.54. The summed E-state index contributed by atoms with van der Waals surface area (Å²) in [7, 11) is 1.60. The molecule has 0 aliphatic heterocycles. The number of nitrogens with two attached hydrogens (primary N) is 1. The van der Waals surface area contributed by atoms with Gasteiger partial charge >= 0.3 is 0 Å². The molecule has 0 aliphatic carbocycles. The lowest BCUT2D eigenvalue weighted by Crippen LogP contribution is -1.97. The third kappa shape index (κ3) is 2.43. The molecule has 1 aromatic heterocycles. The molecule has 1 aromatic carbocycles. The molecule has 0 aliphatic rings. The minimum atomic E-state index is 0.215. The highest BCUT2D eigenvalue weighted by atomic mass is 16.5. The molecule has 0 atom stereocenters. The van der Waals surface area contributed by atoms with Gasteiger partial charge in [0.15, 0.2) is 0 Å². The Morgan fingerprint density at radius 1 is 1.39 bits per heavy atom. The average molecular weight is 249 g/mol. The van der Waals surface area contributed by atoms with Crippen LogP contribution in [0, 0.1) is 0 Å².